The molecular formula is C20H17ClN2O3. The molecule has 0 saturated heterocycles. The summed E-state index contributed by atoms with van der Waals surface area (Å²) < 4.78 is 11.1. The number of pyridine rings is 1. The predicted octanol–water partition coefficient (Wildman–Crippen LogP) is 3.93. The first-order chi connectivity index (χ1) is 12.6. The molecule has 1 aliphatic rings. The molecule has 1 amide bonds. The van der Waals surface area contributed by atoms with Crippen LogP contribution in [0.25, 0.3) is 10.8 Å². The SMILES string of the molecule is CN(Cc1ccc2c(c1)OCCO2)C(=O)c1cc2ccccc2c(Cl)n1. The Labute approximate surface area is 156 Å². The molecule has 0 bridgehead atoms. The van der Waals surface area contributed by atoms with Gasteiger partial charge in [-0.3, -0.25) is 4.79 Å². The topological polar surface area (TPSA) is 51.7 Å². The molecule has 0 atom stereocenters. The van der Waals surface area contributed by atoms with Gasteiger partial charge in [0.2, 0.25) is 0 Å². The van der Waals surface area contributed by atoms with Crippen LogP contribution in [0.1, 0.15) is 16.1 Å². The van der Waals surface area contributed by atoms with Crippen LogP contribution in [0.5, 0.6) is 11.5 Å². The number of hydrogen-bond acceptors (Lipinski definition) is 4. The van der Waals surface area contributed by atoms with E-state index < -0.39 is 0 Å². The van der Waals surface area contributed by atoms with E-state index in [0.717, 1.165) is 22.1 Å². The van der Waals surface area contributed by atoms with E-state index in [1.54, 1.807) is 18.0 Å². The zero-order valence-electron chi connectivity index (χ0n) is 14.2. The van der Waals surface area contributed by atoms with Crippen LogP contribution < -0.4 is 9.47 Å². The highest BCUT2D eigenvalue weighted by atomic mass is 35.5. The largest absolute Gasteiger partial charge is 0.486 e. The second kappa shape index (κ2) is 6.84. The summed E-state index contributed by atoms with van der Waals surface area (Å²) in [7, 11) is 1.74. The van der Waals surface area contributed by atoms with Crippen LogP contribution in [0, 0.1) is 0 Å². The molecule has 5 nitrogen and oxygen atoms in total. The van der Waals surface area contributed by atoms with Crippen molar-refractivity contribution < 1.29 is 14.3 Å². The van der Waals surface area contributed by atoms with Crippen LogP contribution in [-0.2, 0) is 6.54 Å². The van der Waals surface area contributed by atoms with Gasteiger partial charge in [0.25, 0.3) is 5.91 Å². The second-order valence-electron chi connectivity index (χ2n) is 6.16. The van der Waals surface area contributed by atoms with Crippen molar-refractivity contribution in [2.45, 2.75) is 6.54 Å². The minimum absolute atomic E-state index is 0.187. The Kier molecular flexibility index (Phi) is 4.39. The number of fused-ring (bicyclic) bond motifs is 2. The van der Waals surface area contributed by atoms with E-state index in [9.17, 15) is 4.79 Å². The van der Waals surface area contributed by atoms with Gasteiger partial charge < -0.3 is 14.4 Å². The summed E-state index contributed by atoms with van der Waals surface area (Å²) in [5.41, 5.74) is 1.28. The van der Waals surface area contributed by atoms with E-state index in [1.807, 2.05) is 42.5 Å². The summed E-state index contributed by atoms with van der Waals surface area (Å²) in [5, 5.41) is 2.06. The van der Waals surface area contributed by atoms with Crippen LogP contribution in [0.2, 0.25) is 5.15 Å². The lowest BCUT2D eigenvalue weighted by Gasteiger charge is -2.21. The number of halogens is 1. The normalized spacial score (nSPS) is 12.8. The van der Waals surface area contributed by atoms with Crippen LogP contribution in [-0.4, -0.2) is 36.1 Å². The van der Waals surface area contributed by atoms with E-state index in [1.165, 1.54) is 0 Å². The number of carbonyl (C=O) groups is 1. The number of benzene rings is 2. The molecule has 1 aromatic heterocycles. The van der Waals surface area contributed by atoms with Gasteiger partial charge in [-0.2, -0.15) is 0 Å². The van der Waals surface area contributed by atoms with E-state index in [2.05, 4.69) is 4.98 Å². The van der Waals surface area contributed by atoms with Crippen molar-refractivity contribution in [3.05, 3.63) is 64.9 Å². The number of nitrogens with zero attached hydrogens (tertiary/aromatic N) is 2. The molecule has 132 valence electrons. The lowest BCUT2D eigenvalue weighted by Crippen LogP contribution is -2.27. The number of carbonyl (C=O) groups excluding carboxylic acids is 1. The van der Waals surface area contributed by atoms with Crippen LogP contribution in [0.4, 0.5) is 0 Å². The van der Waals surface area contributed by atoms with E-state index >= 15 is 0 Å². The van der Waals surface area contributed by atoms with Crippen molar-refractivity contribution in [3.8, 4) is 11.5 Å². The van der Waals surface area contributed by atoms with Gasteiger partial charge in [0.15, 0.2) is 11.5 Å². The van der Waals surface area contributed by atoms with Crippen molar-refractivity contribution in [2.24, 2.45) is 0 Å². The Morgan fingerprint density at radius 3 is 2.73 bits per heavy atom. The molecule has 4 rings (SSSR count). The average molecular weight is 369 g/mol. The van der Waals surface area contributed by atoms with Gasteiger partial charge >= 0.3 is 0 Å². The molecular weight excluding hydrogens is 352 g/mol. The average Bonchev–Trinajstić information content (AvgIpc) is 2.67. The third kappa shape index (κ3) is 3.18. The first-order valence-corrected chi connectivity index (χ1v) is 8.69. The fourth-order valence-corrected chi connectivity index (χ4v) is 3.26. The fourth-order valence-electron chi connectivity index (χ4n) is 2.99. The zero-order chi connectivity index (χ0) is 18.1. The van der Waals surface area contributed by atoms with E-state index in [0.29, 0.717) is 36.4 Å². The smallest absolute Gasteiger partial charge is 0.272 e. The highest BCUT2D eigenvalue weighted by Crippen LogP contribution is 2.31. The molecule has 6 heteroatoms. The molecule has 0 fully saturated rings. The van der Waals surface area contributed by atoms with E-state index in [-0.39, 0.29) is 5.91 Å². The van der Waals surface area contributed by atoms with Crippen LogP contribution in [0.3, 0.4) is 0 Å². The van der Waals surface area contributed by atoms with Gasteiger partial charge in [-0.25, -0.2) is 4.98 Å². The Morgan fingerprint density at radius 2 is 1.88 bits per heavy atom. The summed E-state index contributed by atoms with van der Waals surface area (Å²) >= 11 is 6.24. The zero-order valence-corrected chi connectivity index (χ0v) is 15.0. The fraction of sp³-hybridized carbons (Fsp3) is 0.200. The maximum Gasteiger partial charge on any atom is 0.272 e. The summed E-state index contributed by atoms with van der Waals surface area (Å²) in [6.45, 7) is 1.52. The molecule has 2 heterocycles. The Morgan fingerprint density at radius 1 is 1.12 bits per heavy atom. The monoisotopic (exact) mass is 368 g/mol. The Hall–Kier alpha value is -2.79. The van der Waals surface area contributed by atoms with Crippen molar-refractivity contribution >= 4 is 28.3 Å². The minimum Gasteiger partial charge on any atom is -0.486 e. The van der Waals surface area contributed by atoms with Crippen LogP contribution >= 0.6 is 11.6 Å². The van der Waals surface area contributed by atoms with E-state index in [4.69, 9.17) is 21.1 Å². The van der Waals surface area contributed by atoms with Crippen molar-refractivity contribution in [1.29, 1.82) is 0 Å². The minimum atomic E-state index is -0.187. The number of ether oxygens (including phenoxy) is 2. The van der Waals surface area contributed by atoms with Crippen molar-refractivity contribution in [3.63, 3.8) is 0 Å². The molecule has 0 unspecified atom stereocenters. The molecule has 0 spiro atoms. The molecule has 26 heavy (non-hydrogen) atoms. The Balaban J connectivity index is 1.56. The van der Waals surface area contributed by atoms with Gasteiger partial charge in [0.05, 0.1) is 0 Å². The van der Waals surface area contributed by atoms with Gasteiger partial charge in [-0.15, -0.1) is 0 Å². The highest BCUT2D eigenvalue weighted by Gasteiger charge is 2.17. The highest BCUT2D eigenvalue weighted by molar-refractivity contribution is 6.34. The first kappa shape index (κ1) is 16.7. The van der Waals surface area contributed by atoms with Crippen LogP contribution in [0.15, 0.2) is 48.5 Å². The molecule has 0 radical (unpaired) electrons. The third-order valence-electron chi connectivity index (χ3n) is 4.29. The number of amides is 1. The standard InChI is InChI=1S/C20H17ClN2O3/c1-23(12-13-6-7-17-18(10-13)26-9-8-25-17)20(24)16-11-14-4-2-3-5-15(14)19(21)22-16/h2-7,10-11H,8-9,12H2,1H3. The maximum absolute atomic E-state index is 12.8. The van der Waals surface area contributed by atoms with Gasteiger partial charge in [0, 0.05) is 19.0 Å². The number of hydrogen-bond donors (Lipinski definition) is 0. The summed E-state index contributed by atoms with van der Waals surface area (Å²) in [4.78, 5) is 18.7. The summed E-state index contributed by atoms with van der Waals surface area (Å²) in [5.74, 6) is 1.26. The van der Waals surface area contributed by atoms with Gasteiger partial charge in [0.1, 0.15) is 24.1 Å². The number of rotatable bonds is 3. The second-order valence-corrected chi connectivity index (χ2v) is 6.52. The molecule has 3 aromatic rings. The van der Waals surface area contributed by atoms with Crippen molar-refractivity contribution in [1.82, 2.24) is 9.88 Å². The molecule has 0 N–H and O–H groups in total. The van der Waals surface area contributed by atoms with Gasteiger partial charge in [-0.1, -0.05) is 41.9 Å². The summed E-state index contributed by atoms with van der Waals surface area (Å²) in [6.07, 6.45) is 0. The first-order valence-electron chi connectivity index (χ1n) is 8.31. The molecule has 0 saturated carbocycles. The summed E-state index contributed by atoms with van der Waals surface area (Å²) in [6, 6.07) is 15.1. The molecule has 2 aromatic carbocycles. The lowest BCUT2D eigenvalue weighted by molar-refractivity contribution is 0.0779. The molecule has 0 aliphatic carbocycles. The Bertz CT molecular complexity index is 990. The quantitative estimate of drug-likeness (QED) is 0.657. The number of aromatic nitrogens is 1. The predicted molar refractivity (Wildman–Crippen MR) is 100.0 cm³/mol. The lowest BCUT2D eigenvalue weighted by atomic mass is 10.1. The maximum atomic E-state index is 12.8. The third-order valence-corrected chi connectivity index (χ3v) is 4.57. The molecule has 1 aliphatic heterocycles. The van der Waals surface area contributed by atoms with Crippen molar-refractivity contribution in [2.75, 3.05) is 20.3 Å². The van der Waals surface area contributed by atoms with Gasteiger partial charge in [-0.05, 0) is 29.1 Å².